The molecule has 1 aliphatic carbocycles. The average molecular weight is 346 g/mol. The average Bonchev–Trinajstić information content (AvgIpc) is 2.54. The summed E-state index contributed by atoms with van der Waals surface area (Å²) in [6.07, 6.45) is 4.28. The molecule has 3 aromatic rings. The fourth-order valence-corrected chi connectivity index (χ4v) is 3.46. The van der Waals surface area contributed by atoms with Gasteiger partial charge >= 0.3 is 0 Å². The van der Waals surface area contributed by atoms with Crippen LogP contribution >= 0.6 is 0 Å². The molecular weight excluding hydrogens is 320 g/mol. The third kappa shape index (κ3) is 4.51. The van der Waals surface area contributed by atoms with E-state index in [4.69, 9.17) is 0 Å². The van der Waals surface area contributed by atoms with Crippen molar-refractivity contribution in [2.75, 3.05) is 0 Å². The molecule has 1 unspecified atom stereocenters. The first kappa shape index (κ1) is 18.2. The number of aryl methyl sites for hydroxylation is 4. The Morgan fingerprint density at radius 2 is 1.42 bits per heavy atom. The van der Waals surface area contributed by atoms with Crippen molar-refractivity contribution in [1.29, 1.82) is 0 Å². The van der Waals surface area contributed by atoms with Gasteiger partial charge in [0.25, 0.3) is 0 Å². The minimum absolute atomic E-state index is 0.577. The third-order valence-corrected chi connectivity index (χ3v) is 4.78. The minimum atomic E-state index is 0.577. The second-order valence-corrected chi connectivity index (χ2v) is 6.93. The van der Waals surface area contributed by atoms with Crippen LogP contribution < -0.4 is 0 Å². The lowest BCUT2D eigenvalue weighted by atomic mass is 9.68. The maximum absolute atomic E-state index is 4.62. The Morgan fingerprint density at radius 1 is 0.731 bits per heavy atom. The van der Waals surface area contributed by atoms with Crippen molar-refractivity contribution >= 4 is 0 Å². The molecule has 2 aromatic heterocycles. The van der Waals surface area contributed by atoms with E-state index < -0.39 is 0 Å². The van der Waals surface area contributed by atoms with Crippen molar-refractivity contribution in [2.24, 2.45) is 0 Å². The van der Waals surface area contributed by atoms with Gasteiger partial charge in [-0.05, 0) is 64.2 Å². The molecule has 0 radical (unpaired) electrons. The Hall–Kier alpha value is -2.62. The highest BCUT2D eigenvalue weighted by Gasteiger charge is 2.34. The molecule has 0 saturated heterocycles. The van der Waals surface area contributed by atoms with E-state index in [0.717, 1.165) is 23.0 Å². The maximum Gasteiger partial charge on any atom is 0.125 e. The van der Waals surface area contributed by atoms with E-state index in [0.29, 0.717) is 11.8 Å². The van der Waals surface area contributed by atoms with Gasteiger partial charge < -0.3 is 0 Å². The minimum Gasteiger partial charge on any atom is -0.242 e. The topological polar surface area (TPSA) is 51.6 Å². The van der Waals surface area contributed by atoms with Crippen LogP contribution in [0.3, 0.4) is 0 Å². The van der Waals surface area contributed by atoms with Gasteiger partial charge in [0.2, 0.25) is 0 Å². The summed E-state index contributed by atoms with van der Waals surface area (Å²) in [6, 6.07) is 14.8. The second-order valence-electron chi connectivity index (χ2n) is 6.93. The number of aromatic nitrogens is 4. The first-order valence-electron chi connectivity index (χ1n) is 9.16. The fraction of sp³-hybridized carbons (Fsp3) is 0.364. The molecule has 26 heavy (non-hydrogen) atoms. The highest BCUT2D eigenvalue weighted by Crippen LogP contribution is 2.48. The fourth-order valence-electron chi connectivity index (χ4n) is 3.46. The monoisotopic (exact) mass is 346 g/mol. The summed E-state index contributed by atoms with van der Waals surface area (Å²) in [6.45, 7) is 7.86. The van der Waals surface area contributed by atoms with Crippen molar-refractivity contribution in [3.63, 3.8) is 0 Å². The summed E-state index contributed by atoms with van der Waals surface area (Å²) >= 11 is 0. The number of benzene rings is 1. The lowest BCUT2D eigenvalue weighted by Crippen LogP contribution is -2.23. The van der Waals surface area contributed by atoms with E-state index in [1.807, 2.05) is 33.8 Å². The van der Waals surface area contributed by atoms with Gasteiger partial charge in [-0.15, -0.1) is 0 Å². The molecule has 0 amide bonds. The number of hydrogen-bond acceptors (Lipinski definition) is 4. The van der Waals surface area contributed by atoms with E-state index in [9.17, 15) is 0 Å². The van der Waals surface area contributed by atoms with Crippen LogP contribution in [0, 0.1) is 27.7 Å². The van der Waals surface area contributed by atoms with Crippen LogP contribution in [0.4, 0.5) is 0 Å². The summed E-state index contributed by atoms with van der Waals surface area (Å²) in [5, 5.41) is 0. The van der Waals surface area contributed by atoms with Gasteiger partial charge in [0, 0.05) is 29.2 Å². The normalized spacial score (nSPS) is 18.5. The summed E-state index contributed by atoms with van der Waals surface area (Å²) in [5.41, 5.74) is 4.77. The zero-order chi connectivity index (χ0) is 18.5. The predicted octanol–water partition coefficient (Wildman–Crippen LogP) is 4.85. The van der Waals surface area contributed by atoms with Gasteiger partial charge in [-0.25, -0.2) is 19.9 Å². The Balaban J connectivity index is 0.000000206. The Kier molecular flexibility index (Phi) is 5.71. The van der Waals surface area contributed by atoms with E-state index >= 15 is 0 Å². The molecule has 1 aromatic carbocycles. The van der Waals surface area contributed by atoms with Gasteiger partial charge in [-0.2, -0.15) is 0 Å². The van der Waals surface area contributed by atoms with Crippen LogP contribution in [0.5, 0.6) is 0 Å². The molecule has 4 rings (SSSR count). The van der Waals surface area contributed by atoms with Crippen LogP contribution in [0.2, 0.25) is 0 Å². The Morgan fingerprint density at radius 3 is 1.96 bits per heavy atom. The number of nitrogens with zero attached hydrogens (tertiary/aromatic N) is 4. The van der Waals surface area contributed by atoms with Crippen molar-refractivity contribution in [3.05, 3.63) is 83.0 Å². The first-order valence-corrected chi connectivity index (χ1v) is 9.16. The molecule has 4 heteroatoms. The van der Waals surface area contributed by atoms with Crippen molar-refractivity contribution in [3.8, 4) is 0 Å². The zero-order valence-corrected chi connectivity index (χ0v) is 16.0. The lowest BCUT2D eigenvalue weighted by molar-refractivity contribution is 0.339. The molecule has 134 valence electrons. The molecule has 2 heterocycles. The van der Waals surface area contributed by atoms with Gasteiger partial charge in [-0.1, -0.05) is 30.3 Å². The predicted molar refractivity (Wildman–Crippen MR) is 104 cm³/mol. The highest BCUT2D eigenvalue weighted by molar-refractivity contribution is 5.29. The summed E-state index contributed by atoms with van der Waals surface area (Å²) in [5.74, 6) is 2.95. The Bertz CT molecular complexity index is 824. The van der Waals surface area contributed by atoms with E-state index in [1.165, 1.54) is 24.1 Å². The molecule has 0 aliphatic heterocycles. The van der Waals surface area contributed by atoms with Gasteiger partial charge in [0.15, 0.2) is 0 Å². The van der Waals surface area contributed by atoms with Crippen LogP contribution in [0.1, 0.15) is 59.0 Å². The van der Waals surface area contributed by atoms with E-state index in [-0.39, 0.29) is 0 Å². The van der Waals surface area contributed by atoms with E-state index in [2.05, 4.69) is 56.3 Å². The standard InChI is InChI=1S/C16H18N2.C6H8N2/c1-11-10-16(18-12(2)17-11)15-9-8-14(15)13-6-4-3-5-7-13;1-5-3-4-7-6(2)8-5/h3-7,10,14-15H,8-9H2,1-2H3;3-4H,1-2H3/t14?,15-;/m0./s1. The third-order valence-electron chi connectivity index (χ3n) is 4.78. The van der Waals surface area contributed by atoms with Gasteiger partial charge in [0.1, 0.15) is 11.6 Å². The number of hydrogen-bond donors (Lipinski definition) is 0. The van der Waals surface area contributed by atoms with Crippen molar-refractivity contribution in [2.45, 2.75) is 52.4 Å². The SMILES string of the molecule is Cc1cc([C@H]2CCC2c2ccccc2)nc(C)n1.Cc1ccnc(C)n1. The van der Waals surface area contributed by atoms with Crippen molar-refractivity contribution in [1.82, 2.24) is 19.9 Å². The van der Waals surface area contributed by atoms with Crippen LogP contribution in [-0.4, -0.2) is 19.9 Å². The Labute approximate surface area is 155 Å². The summed E-state index contributed by atoms with van der Waals surface area (Å²) in [7, 11) is 0. The largest absolute Gasteiger partial charge is 0.242 e. The lowest BCUT2D eigenvalue weighted by Gasteiger charge is -2.36. The second kappa shape index (κ2) is 8.17. The molecule has 0 bridgehead atoms. The molecule has 1 fully saturated rings. The van der Waals surface area contributed by atoms with Crippen LogP contribution in [0.25, 0.3) is 0 Å². The molecule has 1 aliphatic rings. The van der Waals surface area contributed by atoms with E-state index in [1.54, 1.807) is 6.20 Å². The molecular formula is C22H26N4. The smallest absolute Gasteiger partial charge is 0.125 e. The summed E-state index contributed by atoms with van der Waals surface area (Å²) < 4.78 is 0. The van der Waals surface area contributed by atoms with Crippen LogP contribution in [0.15, 0.2) is 48.7 Å². The highest BCUT2D eigenvalue weighted by atomic mass is 14.9. The molecule has 4 nitrogen and oxygen atoms in total. The van der Waals surface area contributed by atoms with Crippen molar-refractivity contribution < 1.29 is 0 Å². The molecule has 2 atom stereocenters. The first-order chi connectivity index (χ1) is 12.5. The summed E-state index contributed by atoms with van der Waals surface area (Å²) in [4.78, 5) is 17.0. The molecule has 0 N–H and O–H groups in total. The van der Waals surface area contributed by atoms with Crippen LogP contribution in [-0.2, 0) is 0 Å². The maximum atomic E-state index is 4.62. The molecule has 0 spiro atoms. The zero-order valence-electron chi connectivity index (χ0n) is 16.0. The van der Waals surface area contributed by atoms with Gasteiger partial charge in [0.05, 0.1) is 0 Å². The quantitative estimate of drug-likeness (QED) is 0.666. The molecule has 1 saturated carbocycles. The number of rotatable bonds is 2. The van der Waals surface area contributed by atoms with Gasteiger partial charge in [-0.3, -0.25) is 0 Å².